The molecular weight excluding hydrogens is 328 g/mol. The molecule has 1 aromatic carbocycles. The third-order valence-corrected chi connectivity index (χ3v) is 2.82. The van der Waals surface area contributed by atoms with E-state index in [2.05, 4.69) is 31.2 Å². The zero-order valence-corrected chi connectivity index (χ0v) is 12.2. The zero-order valence-electron chi connectivity index (χ0n) is 10.6. The Kier molecular flexibility index (Phi) is 5.51. The van der Waals surface area contributed by atoms with Crippen LogP contribution in [0.4, 0.5) is 5.69 Å². The molecular formula is C12H9BrN4O3. The Balaban J connectivity index is 3.28. The Morgan fingerprint density at radius 2 is 2.00 bits per heavy atom. The lowest BCUT2D eigenvalue weighted by Crippen LogP contribution is -2.07. The van der Waals surface area contributed by atoms with Gasteiger partial charge in [-0.05, 0) is 28.1 Å². The summed E-state index contributed by atoms with van der Waals surface area (Å²) in [6.45, 7) is 0. The SMILES string of the molecule is COC(=O)c1cc(OC)c(Br)cc1NN=C(C#N)C#N. The summed E-state index contributed by atoms with van der Waals surface area (Å²) in [6, 6.07) is 6.17. The van der Waals surface area contributed by atoms with Crippen molar-refractivity contribution in [1.82, 2.24) is 0 Å². The summed E-state index contributed by atoms with van der Waals surface area (Å²) in [5, 5.41) is 20.8. The smallest absolute Gasteiger partial charge is 0.340 e. The number of rotatable bonds is 4. The molecule has 1 rings (SSSR count). The van der Waals surface area contributed by atoms with Crippen molar-refractivity contribution in [3.05, 3.63) is 22.2 Å². The normalized spacial score (nSPS) is 8.85. The molecule has 0 saturated heterocycles. The summed E-state index contributed by atoms with van der Waals surface area (Å²) < 4.78 is 10.3. The minimum atomic E-state index is -0.607. The number of hydrazone groups is 1. The van der Waals surface area contributed by atoms with Gasteiger partial charge in [0.1, 0.15) is 17.9 Å². The number of carbonyl (C=O) groups is 1. The minimum Gasteiger partial charge on any atom is -0.496 e. The molecule has 0 spiro atoms. The third kappa shape index (κ3) is 3.46. The van der Waals surface area contributed by atoms with E-state index in [-0.39, 0.29) is 17.0 Å². The van der Waals surface area contributed by atoms with Crippen LogP contribution in [0.25, 0.3) is 0 Å². The Labute approximate surface area is 123 Å². The van der Waals surface area contributed by atoms with Gasteiger partial charge in [0.2, 0.25) is 5.71 Å². The molecule has 0 bridgehead atoms. The number of anilines is 1. The number of hydrogen-bond donors (Lipinski definition) is 1. The number of nitrogens with one attached hydrogen (secondary N) is 1. The molecule has 0 aliphatic rings. The number of esters is 1. The molecule has 102 valence electrons. The minimum absolute atomic E-state index is 0.159. The number of hydrogen-bond acceptors (Lipinski definition) is 7. The van der Waals surface area contributed by atoms with Crippen LogP contribution in [0.3, 0.4) is 0 Å². The summed E-state index contributed by atoms with van der Waals surface area (Å²) in [4.78, 5) is 11.7. The standard InChI is InChI=1S/C12H9BrN4O3/c1-19-11-3-8(12(18)20-2)10(4-9(11)13)17-16-7(5-14)6-15/h3-4,17H,1-2H3. The highest BCUT2D eigenvalue weighted by Crippen LogP contribution is 2.31. The van der Waals surface area contributed by atoms with Gasteiger partial charge in [0, 0.05) is 0 Å². The molecule has 0 unspecified atom stereocenters. The van der Waals surface area contributed by atoms with Crippen molar-refractivity contribution in [2.45, 2.75) is 0 Å². The average Bonchev–Trinajstić information content (AvgIpc) is 2.47. The molecule has 0 radical (unpaired) electrons. The van der Waals surface area contributed by atoms with Crippen molar-refractivity contribution in [3.63, 3.8) is 0 Å². The highest BCUT2D eigenvalue weighted by Gasteiger charge is 2.16. The van der Waals surface area contributed by atoms with Crippen molar-refractivity contribution < 1.29 is 14.3 Å². The van der Waals surface area contributed by atoms with Crippen molar-refractivity contribution in [2.75, 3.05) is 19.6 Å². The first-order valence-corrected chi connectivity index (χ1v) is 5.96. The van der Waals surface area contributed by atoms with Crippen LogP contribution in [0.1, 0.15) is 10.4 Å². The van der Waals surface area contributed by atoms with E-state index in [0.29, 0.717) is 10.2 Å². The summed E-state index contributed by atoms with van der Waals surface area (Å²) in [7, 11) is 2.69. The van der Waals surface area contributed by atoms with Crippen LogP contribution in [0, 0.1) is 22.7 Å². The van der Waals surface area contributed by atoms with Crippen LogP contribution in [-0.2, 0) is 4.74 Å². The van der Waals surface area contributed by atoms with Crippen molar-refractivity contribution in [3.8, 4) is 17.9 Å². The molecule has 0 atom stereocenters. The van der Waals surface area contributed by atoms with Crippen molar-refractivity contribution in [1.29, 1.82) is 10.5 Å². The van der Waals surface area contributed by atoms with E-state index in [9.17, 15) is 4.79 Å². The summed E-state index contributed by atoms with van der Waals surface area (Å²) in [6.07, 6.45) is 0. The van der Waals surface area contributed by atoms with E-state index >= 15 is 0 Å². The number of ether oxygens (including phenoxy) is 2. The Morgan fingerprint density at radius 3 is 2.50 bits per heavy atom. The predicted molar refractivity (Wildman–Crippen MR) is 74.3 cm³/mol. The number of benzene rings is 1. The molecule has 0 saturated carbocycles. The number of halogens is 1. The average molecular weight is 337 g/mol. The second-order valence-corrected chi connectivity index (χ2v) is 4.17. The van der Waals surface area contributed by atoms with Gasteiger partial charge in [0.05, 0.1) is 29.9 Å². The van der Waals surface area contributed by atoms with Crippen LogP contribution in [0.15, 0.2) is 21.7 Å². The molecule has 0 aliphatic carbocycles. The number of methoxy groups -OCH3 is 2. The van der Waals surface area contributed by atoms with Crippen molar-refractivity contribution in [2.24, 2.45) is 5.10 Å². The van der Waals surface area contributed by atoms with Gasteiger partial charge in [-0.15, -0.1) is 0 Å². The predicted octanol–water partition coefficient (Wildman–Crippen LogP) is 2.06. The lowest BCUT2D eigenvalue weighted by molar-refractivity contribution is 0.0601. The first-order valence-electron chi connectivity index (χ1n) is 5.17. The van der Waals surface area contributed by atoms with Gasteiger partial charge >= 0.3 is 5.97 Å². The van der Waals surface area contributed by atoms with Gasteiger partial charge in [0.15, 0.2) is 0 Å². The van der Waals surface area contributed by atoms with Gasteiger partial charge in [-0.25, -0.2) is 4.79 Å². The highest BCUT2D eigenvalue weighted by atomic mass is 79.9. The maximum absolute atomic E-state index is 11.7. The van der Waals surface area contributed by atoms with E-state index < -0.39 is 5.97 Å². The Hall–Kier alpha value is -2.58. The molecule has 0 aliphatic heterocycles. The molecule has 1 aromatic rings. The number of carbonyl (C=O) groups excluding carboxylic acids is 1. The van der Waals surface area contributed by atoms with Gasteiger partial charge in [-0.3, -0.25) is 5.43 Å². The highest BCUT2D eigenvalue weighted by molar-refractivity contribution is 9.10. The monoisotopic (exact) mass is 336 g/mol. The van der Waals surface area contributed by atoms with Crippen LogP contribution in [0.2, 0.25) is 0 Å². The maximum atomic E-state index is 11.7. The van der Waals surface area contributed by atoms with Crippen LogP contribution < -0.4 is 10.2 Å². The van der Waals surface area contributed by atoms with E-state index in [1.165, 1.54) is 26.4 Å². The van der Waals surface area contributed by atoms with E-state index in [1.54, 1.807) is 12.1 Å². The summed E-state index contributed by atoms with van der Waals surface area (Å²) in [5.41, 5.74) is 2.54. The van der Waals surface area contributed by atoms with Crippen LogP contribution >= 0.6 is 15.9 Å². The molecule has 0 amide bonds. The fourth-order valence-corrected chi connectivity index (χ4v) is 1.78. The second-order valence-electron chi connectivity index (χ2n) is 3.32. The molecule has 8 heteroatoms. The van der Waals surface area contributed by atoms with Crippen molar-refractivity contribution >= 4 is 33.3 Å². The first-order chi connectivity index (χ1) is 9.57. The molecule has 7 nitrogen and oxygen atoms in total. The molecule has 0 heterocycles. The molecule has 0 aromatic heterocycles. The van der Waals surface area contributed by atoms with Gasteiger partial charge in [0.25, 0.3) is 0 Å². The molecule has 1 N–H and O–H groups in total. The van der Waals surface area contributed by atoms with Gasteiger partial charge in [-0.1, -0.05) is 0 Å². The summed E-state index contributed by atoms with van der Waals surface area (Å²) >= 11 is 3.26. The Morgan fingerprint density at radius 1 is 1.35 bits per heavy atom. The third-order valence-electron chi connectivity index (χ3n) is 2.20. The lowest BCUT2D eigenvalue weighted by Gasteiger charge is -2.11. The van der Waals surface area contributed by atoms with E-state index in [4.69, 9.17) is 15.3 Å². The number of nitrogens with zero attached hydrogens (tertiary/aromatic N) is 3. The van der Waals surface area contributed by atoms with Crippen LogP contribution in [-0.4, -0.2) is 25.9 Å². The quantitative estimate of drug-likeness (QED) is 0.512. The maximum Gasteiger partial charge on any atom is 0.340 e. The molecule has 20 heavy (non-hydrogen) atoms. The molecule has 0 fully saturated rings. The first kappa shape index (κ1) is 15.5. The van der Waals surface area contributed by atoms with Gasteiger partial charge in [-0.2, -0.15) is 15.6 Å². The second kappa shape index (κ2) is 7.12. The van der Waals surface area contributed by atoms with E-state index in [0.717, 1.165) is 0 Å². The van der Waals surface area contributed by atoms with E-state index in [1.807, 2.05) is 0 Å². The summed E-state index contributed by atoms with van der Waals surface area (Å²) in [5.74, 6) is -0.176. The van der Waals surface area contributed by atoms with Gasteiger partial charge < -0.3 is 9.47 Å². The lowest BCUT2D eigenvalue weighted by atomic mass is 10.1. The zero-order chi connectivity index (χ0) is 15.1. The van der Waals surface area contributed by atoms with Crippen LogP contribution in [0.5, 0.6) is 5.75 Å². The Bertz CT molecular complexity index is 627. The fraction of sp³-hybridized carbons (Fsp3) is 0.167. The fourth-order valence-electron chi connectivity index (χ4n) is 1.27. The largest absolute Gasteiger partial charge is 0.496 e. The number of nitriles is 2. The topological polar surface area (TPSA) is 108 Å².